The normalized spacial score (nSPS) is 24.0. The molecule has 7 heteroatoms. The molecule has 32 heavy (non-hydrogen) atoms. The number of para-hydroxylation sites is 1. The van der Waals surface area contributed by atoms with Gasteiger partial charge in [-0.15, -0.1) is 0 Å². The van der Waals surface area contributed by atoms with Gasteiger partial charge in [-0.25, -0.2) is 9.59 Å². The molecule has 2 bridgehead atoms. The summed E-state index contributed by atoms with van der Waals surface area (Å²) < 4.78 is 12.2. The molecule has 0 spiro atoms. The molecule has 1 unspecified atom stereocenters. The average Bonchev–Trinajstić information content (AvgIpc) is 2.81. The fraction of sp³-hybridized carbons (Fsp3) is 0.400. The molecule has 0 radical (unpaired) electrons. The Labute approximate surface area is 187 Å². The van der Waals surface area contributed by atoms with E-state index in [1.165, 1.54) is 12.1 Å². The Morgan fingerprint density at radius 1 is 1.03 bits per heavy atom. The second-order valence-electron chi connectivity index (χ2n) is 8.73. The molecule has 0 saturated carbocycles. The lowest BCUT2D eigenvalue weighted by Gasteiger charge is -2.52. The Kier molecular flexibility index (Phi) is 6.28. The van der Waals surface area contributed by atoms with Crippen molar-refractivity contribution in [1.29, 1.82) is 0 Å². The monoisotopic (exact) mass is 438 g/mol. The lowest BCUT2D eigenvalue weighted by molar-refractivity contribution is -0.958. The number of ether oxygens (including phenoxy) is 2. The molecular formula is C25H28NO6+. The van der Waals surface area contributed by atoms with Crippen LogP contribution in [0.3, 0.4) is 0 Å². The van der Waals surface area contributed by atoms with Gasteiger partial charge in [-0.1, -0.05) is 25.1 Å². The fourth-order valence-corrected chi connectivity index (χ4v) is 4.85. The molecule has 3 saturated heterocycles. The van der Waals surface area contributed by atoms with Gasteiger partial charge in [-0.2, -0.15) is 0 Å². The van der Waals surface area contributed by atoms with E-state index in [1.54, 1.807) is 19.1 Å². The highest BCUT2D eigenvalue weighted by atomic mass is 16.5. The number of hydrogen-bond donors (Lipinski definition) is 1. The van der Waals surface area contributed by atoms with Gasteiger partial charge < -0.3 is 19.1 Å². The number of esters is 2. The van der Waals surface area contributed by atoms with Crippen molar-refractivity contribution in [3.8, 4) is 5.75 Å². The maximum absolute atomic E-state index is 12.8. The zero-order valence-electron chi connectivity index (χ0n) is 18.2. The Bertz CT molecular complexity index is 1020. The molecule has 5 rings (SSSR count). The molecule has 0 aromatic heterocycles. The number of aromatic carboxylic acids is 1. The van der Waals surface area contributed by atoms with Crippen molar-refractivity contribution in [2.75, 3.05) is 19.6 Å². The van der Waals surface area contributed by atoms with Crippen molar-refractivity contribution in [3.05, 3.63) is 65.2 Å². The number of benzene rings is 2. The second-order valence-corrected chi connectivity index (χ2v) is 8.73. The third kappa shape index (κ3) is 4.67. The number of hydrogen-bond acceptors (Lipinski definition) is 5. The van der Waals surface area contributed by atoms with E-state index >= 15 is 0 Å². The summed E-state index contributed by atoms with van der Waals surface area (Å²) >= 11 is 0. The molecule has 3 fully saturated rings. The van der Waals surface area contributed by atoms with E-state index in [-0.39, 0.29) is 23.2 Å². The van der Waals surface area contributed by atoms with Crippen molar-refractivity contribution < 1.29 is 33.4 Å². The summed E-state index contributed by atoms with van der Waals surface area (Å²) in [4.78, 5) is 35.8. The smallest absolute Gasteiger partial charge is 0.338 e. The number of carbonyl (C=O) groups is 3. The van der Waals surface area contributed by atoms with E-state index < -0.39 is 11.9 Å². The van der Waals surface area contributed by atoms with E-state index in [0.717, 1.165) is 36.0 Å². The van der Waals surface area contributed by atoms with Gasteiger partial charge in [-0.05, 0) is 30.3 Å². The van der Waals surface area contributed by atoms with Crippen LogP contribution in [0.25, 0.3) is 0 Å². The van der Waals surface area contributed by atoms with Crippen LogP contribution in [0.5, 0.6) is 5.75 Å². The van der Waals surface area contributed by atoms with Gasteiger partial charge >= 0.3 is 17.9 Å². The Hall–Kier alpha value is -3.19. The number of carboxylic acid groups (broad SMARTS) is 1. The number of nitrogens with zero attached hydrogens (tertiary/aromatic N) is 1. The molecule has 3 aliphatic rings. The second kappa shape index (κ2) is 9.12. The van der Waals surface area contributed by atoms with E-state index in [1.807, 2.05) is 24.3 Å². The van der Waals surface area contributed by atoms with Crippen LogP contribution in [-0.2, 0) is 16.1 Å². The number of fused-ring (bicyclic) bond motifs is 3. The van der Waals surface area contributed by atoms with Crippen LogP contribution >= 0.6 is 0 Å². The quantitative estimate of drug-likeness (QED) is 0.403. The summed E-state index contributed by atoms with van der Waals surface area (Å²) in [6, 6.07) is 13.6. The summed E-state index contributed by atoms with van der Waals surface area (Å²) in [5, 5.41) is 9.18. The van der Waals surface area contributed by atoms with E-state index in [2.05, 4.69) is 0 Å². The third-order valence-corrected chi connectivity index (χ3v) is 6.64. The first-order valence-electron chi connectivity index (χ1n) is 11.1. The highest BCUT2D eigenvalue weighted by molar-refractivity contribution is 5.94. The lowest BCUT2D eigenvalue weighted by Crippen LogP contribution is -2.63. The molecule has 7 nitrogen and oxygen atoms in total. The summed E-state index contributed by atoms with van der Waals surface area (Å²) in [6.07, 6.45) is 2.02. The SMILES string of the molecule is CCC(=O)Oc1ccccc1C[N+]12CCC(CC1)C(OC(=O)c1cccc(C(=O)O)c1)C2. The zero-order valence-corrected chi connectivity index (χ0v) is 18.2. The number of carbonyl (C=O) groups excluding carboxylic acids is 2. The van der Waals surface area contributed by atoms with E-state index in [0.29, 0.717) is 31.2 Å². The van der Waals surface area contributed by atoms with Crippen LogP contribution in [0, 0.1) is 5.92 Å². The van der Waals surface area contributed by atoms with E-state index in [4.69, 9.17) is 9.47 Å². The van der Waals surface area contributed by atoms with Crippen molar-refractivity contribution in [3.63, 3.8) is 0 Å². The first-order valence-corrected chi connectivity index (χ1v) is 11.1. The van der Waals surface area contributed by atoms with Gasteiger partial charge in [-0.3, -0.25) is 4.79 Å². The molecule has 0 aliphatic carbocycles. The summed E-state index contributed by atoms with van der Waals surface area (Å²) in [5.41, 5.74) is 1.30. The topological polar surface area (TPSA) is 89.9 Å². The largest absolute Gasteiger partial charge is 0.478 e. The number of carboxylic acids is 1. The maximum atomic E-state index is 12.8. The molecule has 1 atom stereocenters. The minimum Gasteiger partial charge on any atom is -0.478 e. The Balaban J connectivity index is 1.49. The van der Waals surface area contributed by atoms with Crippen LogP contribution in [0.2, 0.25) is 0 Å². The minimum atomic E-state index is -1.07. The highest BCUT2D eigenvalue weighted by Gasteiger charge is 2.48. The molecule has 168 valence electrons. The van der Waals surface area contributed by atoms with Crippen LogP contribution in [-0.4, -0.2) is 53.2 Å². The standard InChI is InChI=1S/C25H27NO6/c1-2-23(27)31-21-9-4-3-6-20(21)15-26-12-10-17(11-13-26)22(16-26)32-25(30)19-8-5-7-18(14-19)24(28)29/h3-9,14,17,22H,2,10-13,15-16H2,1H3/p+1. The van der Waals surface area contributed by atoms with Gasteiger partial charge in [0.05, 0.1) is 24.2 Å². The van der Waals surface area contributed by atoms with Crippen molar-refractivity contribution in [2.24, 2.45) is 5.92 Å². The summed E-state index contributed by atoms with van der Waals surface area (Å²) in [7, 11) is 0. The third-order valence-electron chi connectivity index (χ3n) is 6.64. The van der Waals surface area contributed by atoms with Crippen molar-refractivity contribution in [2.45, 2.75) is 38.8 Å². The van der Waals surface area contributed by atoms with Gasteiger partial charge in [0.25, 0.3) is 0 Å². The first-order chi connectivity index (χ1) is 15.4. The Morgan fingerprint density at radius 3 is 2.47 bits per heavy atom. The number of rotatable bonds is 7. The molecule has 1 N–H and O–H groups in total. The van der Waals surface area contributed by atoms with Crippen LogP contribution in [0.1, 0.15) is 52.5 Å². The molecular weight excluding hydrogens is 410 g/mol. The van der Waals surface area contributed by atoms with Crippen molar-refractivity contribution >= 4 is 17.9 Å². The maximum Gasteiger partial charge on any atom is 0.338 e. The lowest BCUT2D eigenvalue weighted by atomic mass is 9.82. The first kappa shape index (κ1) is 22.0. The predicted octanol–water partition coefficient (Wildman–Crippen LogP) is 3.67. The Morgan fingerprint density at radius 2 is 1.75 bits per heavy atom. The van der Waals surface area contributed by atoms with Gasteiger partial charge in [0, 0.05) is 30.7 Å². The van der Waals surface area contributed by atoms with E-state index in [9.17, 15) is 19.5 Å². The summed E-state index contributed by atoms with van der Waals surface area (Å²) in [6.45, 7) is 5.16. The highest BCUT2D eigenvalue weighted by Crippen LogP contribution is 2.38. The zero-order chi connectivity index (χ0) is 22.7. The van der Waals surface area contributed by atoms with Crippen LogP contribution in [0.4, 0.5) is 0 Å². The minimum absolute atomic E-state index is 0.0649. The van der Waals surface area contributed by atoms with Gasteiger partial charge in [0.2, 0.25) is 0 Å². The molecule has 2 aromatic carbocycles. The number of piperidine rings is 3. The van der Waals surface area contributed by atoms with Crippen LogP contribution in [0.15, 0.2) is 48.5 Å². The summed E-state index contributed by atoms with van der Waals surface area (Å²) in [5.74, 6) is -0.907. The molecule has 0 amide bonds. The molecule has 2 aromatic rings. The molecule has 3 heterocycles. The van der Waals surface area contributed by atoms with Crippen LogP contribution < -0.4 is 4.74 Å². The predicted molar refractivity (Wildman–Crippen MR) is 116 cm³/mol. The van der Waals surface area contributed by atoms with Gasteiger partial charge in [0.1, 0.15) is 18.8 Å². The van der Waals surface area contributed by atoms with Crippen molar-refractivity contribution in [1.82, 2.24) is 0 Å². The number of quaternary nitrogens is 1. The fourth-order valence-electron chi connectivity index (χ4n) is 4.85. The molecule has 3 aliphatic heterocycles. The average molecular weight is 439 g/mol. The van der Waals surface area contributed by atoms with Gasteiger partial charge in [0.15, 0.2) is 6.10 Å².